The van der Waals surface area contributed by atoms with E-state index < -0.39 is 0 Å². The van der Waals surface area contributed by atoms with Gasteiger partial charge in [-0.25, -0.2) is 0 Å². The van der Waals surface area contributed by atoms with E-state index in [0.717, 1.165) is 26.2 Å². The van der Waals surface area contributed by atoms with Crippen molar-refractivity contribution in [1.82, 2.24) is 16.0 Å². The summed E-state index contributed by atoms with van der Waals surface area (Å²) < 4.78 is 0.0231. The highest BCUT2D eigenvalue weighted by molar-refractivity contribution is 7.82. The number of hydrogen-bond donors (Lipinski definition) is 5. The molecule has 1 aliphatic rings. The van der Waals surface area contributed by atoms with Gasteiger partial charge in [-0.1, -0.05) is 19.3 Å². The molecule has 0 aliphatic heterocycles. The molecule has 1 rings (SSSR count). The van der Waals surface area contributed by atoms with Crippen molar-refractivity contribution >= 4 is 25.3 Å². The van der Waals surface area contributed by atoms with Gasteiger partial charge in [0.15, 0.2) is 0 Å². The van der Waals surface area contributed by atoms with Crippen LogP contribution in [0.25, 0.3) is 0 Å². The second-order valence-electron chi connectivity index (χ2n) is 7.89. The Morgan fingerprint density at radius 2 is 1.64 bits per heavy atom. The third-order valence-corrected chi connectivity index (χ3v) is 4.79. The summed E-state index contributed by atoms with van der Waals surface area (Å²) in [7, 11) is 0. The van der Waals surface area contributed by atoms with Crippen LogP contribution in [0.1, 0.15) is 59.8 Å². The van der Waals surface area contributed by atoms with Crippen LogP contribution in [-0.2, 0) is 0 Å². The van der Waals surface area contributed by atoms with Crippen molar-refractivity contribution in [2.75, 3.05) is 26.2 Å². The van der Waals surface area contributed by atoms with Gasteiger partial charge in [-0.05, 0) is 40.5 Å². The largest absolute Gasteiger partial charge is 0.314 e. The zero-order chi connectivity index (χ0) is 16.6. The minimum Gasteiger partial charge on any atom is -0.314 e. The van der Waals surface area contributed by atoms with Gasteiger partial charge in [-0.3, -0.25) is 0 Å². The Balaban J connectivity index is 2.25. The summed E-state index contributed by atoms with van der Waals surface area (Å²) in [6.07, 6.45) is 6.83. The predicted octanol–water partition coefficient (Wildman–Crippen LogP) is 2.87. The maximum atomic E-state index is 4.78. The van der Waals surface area contributed by atoms with Crippen molar-refractivity contribution in [2.45, 2.75) is 81.4 Å². The lowest BCUT2D eigenvalue weighted by Gasteiger charge is -2.33. The second kappa shape index (κ2) is 9.77. The van der Waals surface area contributed by atoms with Gasteiger partial charge in [0.2, 0.25) is 0 Å². The summed E-state index contributed by atoms with van der Waals surface area (Å²) in [6.45, 7) is 12.5. The van der Waals surface area contributed by atoms with Gasteiger partial charge >= 0.3 is 0 Å². The highest BCUT2D eigenvalue weighted by atomic mass is 32.1. The monoisotopic (exact) mass is 347 g/mol. The van der Waals surface area contributed by atoms with Crippen molar-refractivity contribution < 1.29 is 0 Å². The van der Waals surface area contributed by atoms with Gasteiger partial charge in [0.05, 0.1) is 0 Å². The van der Waals surface area contributed by atoms with Gasteiger partial charge < -0.3 is 16.0 Å². The predicted molar refractivity (Wildman–Crippen MR) is 106 cm³/mol. The number of nitrogens with one attached hydrogen (secondary N) is 3. The molecular weight excluding hydrogens is 310 g/mol. The molecule has 0 radical (unpaired) electrons. The van der Waals surface area contributed by atoms with Gasteiger partial charge in [-0.15, -0.1) is 0 Å². The smallest absolute Gasteiger partial charge is 0.0332 e. The number of rotatable bonds is 10. The molecule has 0 aromatic rings. The summed E-state index contributed by atoms with van der Waals surface area (Å²) in [5, 5.41) is 10.9. The van der Waals surface area contributed by atoms with Crippen LogP contribution in [0.2, 0.25) is 0 Å². The molecule has 1 aliphatic carbocycles. The highest BCUT2D eigenvalue weighted by Crippen LogP contribution is 2.20. The van der Waals surface area contributed by atoms with E-state index in [1.807, 2.05) is 0 Å². The minimum absolute atomic E-state index is 0.0233. The summed E-state index contributed by atoms with van der Waals surface area (Å²) in [4.78, 5) is 0. The molecule has 3 N–H and O–H groups in total. The maximum absolute atomic E-state index is 4.78. The average molecular weight is 348 g/mol. The molecule has 0 heterocycles. The number of hydrogen-bond acceptors (Lipinski definition) is 5. The Morgan fingerprint density at radius 1 is 1.00 bits per heavy atom. The van der Waals surface area contributed by atoms with E-state index in [2.05, 4.69) is 56.3 Å². The van der Waals surface area contributed by atoms with Crippen LogP contribution in [0.15, 0.2) is 0 Å². The Bertz CT molecular complexity index is 291. The first-order valence-electron chi connectivity index (χ1n) is 8.81. The number of thiol groups is 2. The van der Waals surface area contributed by atoms with Crippen LogP contribution in [0, 0.1) is 0 Å². The minimum atomic E-state index is -0.0233. The van der Waals surface area contributed by atoms with Gasteiger partial charge in [-0.2, -0.15) is 25.3 Å². The van der Waals surface area contributed by atoms with Gasteiger partial charge in [0, 0.05) is 47.8 Å². The second-order valence-corrected chi connectivity index (χ2v) is 10.3. The lowest BCUT2D eigenvalue weighted by Crippen LogP contribution is -2.53. The van der Waals surface area contributed by atoms with Crippen LogP contribution in [-0.4, -0.2) is 47.8 Å². The molecule has 132 valence electrons. The fourth-order valence-corrected chi connectivity index (χ4v) is 3.19. The van der Waals surface area contributed by atoms with Crippen molar-refractivity contribution in [3.8, 4) is 0 Å². The molecule has 3 nitrogen and oxygen atoms in total. The normalized spacial score (nSPS) is 19.4. The Morgan fingerprint density at radius 3 is 2.18 bits per heavy atom. The van der Waals surface area contributed by atoms with E-state index in [4.69, 9.17) is 12.6 Å². The van der Waals surface area contributed by atoms with E-state index in [1.54, 1.807) is 0 Å². The first kappa shape index (κ1) is 20.6. The highest BCUT2D eigenvalue weighted by Gasteiger charge is 2.26. The Hall–Kier alpha value is 0.580. The lowest BCUT2D eigenvalue weighted by atomic mass is 9.94. The summed E-state index contributed by atoms with van der Waals surface area (Å²) in [5.41, 5.74) is 0. The van der Waals surface area contributed by atoms with E-state index in [-0.39, 0.29) is 9.49 Å². The van der Waals surface area contributed by atoms with E-state index in [9.17, 15) is 0 Å². The average Bonchev–Trinajstić information content (AvgIpc) is 2.40. The zero-order valence-corrected chi connectivity index (χ0v) is 16.7. The van der Waals surface area contributed by atoms with Crippen LogP contribution in [0.3, 0.4) is 0 Å². The molecular formula is C17H37N3S2. The first-order valence-corrected chi connectivity index (χ1v) is 9.70. The molecule has 1 fully saturated rings. The molecule has 0 amide bonds. The van der Waals surface area contributed by atoms with Crippen LogP contribution in [0.5, 0.6) is 0 Å². The molecule has 1 saturated carbocycles. The molecule has 22 heavy (non-hydrogen) atoms. The topological polar surface area (TPSA) is 36.1 Å². The van der Waals surface area contributed by atoms with E-state index in [1.165, 1.54) is 32.1 Å². The molecule has 0 saturated heterocycles. The lowest BCUT2D eigenvalue weighted by molar-refractivity contribution is 0.333. The first-order chi connectivity index (χ1) is 10.2. The van der Waals surface area contributed by atoms with Crippen molar-refractivity contribution in [3.05, 3.63) is 0 Å². The Kier molecular flexibility index (Phi) is 9.16. The summed E-state index contributed by atoms with van der Waals surface area (Å²) >= 11 is 9.31. The third kappa shape index (κ3) is 9.66. The molecule has 0 bridgehead atoms. The standard InChI is InChI=1S/C17H37N3S2/c1-16(2,21)13-18-10-11-19-15(17(3,4)22)12-20-14-8-6-5-7-9-14/h14-15,18-22H,5-13H2,1-4H3. The quantitative estimate of drug-likeness (QED) is 0.311. The molecule has 5 heteroatoms. The van der Waals surface area contributed by atoms with Crippen molar-refractivity contribution in [1.29, 1.82) is 0 Å². The third-order valence-electron chi connectivity index (χ3n) is 4.32. The SMILES string of the molecule is CC(C)(S)CNCCNC(CNC1CCCCC1)C(C)(C)S. The molecule has 0 aromatic heterocycles. The van der Waals surface area contributed by atoms with E-state index in [0.29, 0.717) is 12.1 Å². The molecule has 0 aromatic carbocycles. The van der Waals surface area contributed by atoms with Crippen LogP contribution < -0.4 is 16.0 Å². The zero-order valence-electron chi connectivity index (χ0n) is 14.9. The molecule has 1 unspecified atom stereocenters. The van der Waals surface area contributed by atoms with E-state index >= 15 is 0 Å². The molecule has 0 spiro atoms. The molecule has 1 atom stereocenters. The fraction of sp³-hybridized carbons (Fsp3) is 1.00. The van der Waals surface area contributed by atoms with Crippen LogP contribution >= 0.6 is 25.3 Å². The maximum Gasteiger partial charge on any atom is 0.0332 e. The summed E-state index contributed by atoms with van der Waals surface area (Å²) in [6, 6.07) is 1.08. The summed E-state index contributed by atoms with van der Waals surface area (Å²) in [5.74, 6) is 0. The van der Waals surface area contributed by atoms with Crippen LogP contribution in [0.4, 0.5) is 0 Å². The Labute approximate surface area is 149 Å². The fourth-order valence-electron chi connectivity index (χ4n) is 2.89. The van der Waals surface area contributed by atoms with Crippen molar-refractivity contribution in [3.63, 3.8) is 0 Å². The van der Waals surface area contributed by atoms with Gasteiger partial charge in [0.1, 0.15) is 0 Å². The van der Waals surface area contributed by atoms with Gasteiger partial charge in [0.25, 0.3) is 0 Å². The van der Waals surface area contributed by atoms with Crippen molar-refractivity contribution in [2.24, 2.45) is 0 Å².